The number of piperidine rings is 1. The molecule has 1 aliphatic heterocycles. The summed E-state index contributed by atoms with van der Waals surface area (Å²) in [5.74, 6) is 0.621. The summed E-state index contributed by atoms with van der Waals surface area (Å²) in [6.45, 7) is 4.22. The lowest BCUT2D eigenvalue weighted by Crippen LogP contribution is -2.35. The van der Waals surface area contributed by atoms with Crippen LogP contribution in [0.15, 0.2) is 24.4 Å². The lowest BCUT2D eigenvalue weighted by atomic mass is 10.00. The Morgan fingerprint density at radius 2 is 2.44 bits per heavy atom. The number of nitrogens with zero attached hydrogens (tertiary/aromatic N) is 2. The zero-order valence-corrected chi connectivity index (χ0v) is 10.5. The molecule has 0 aromatic carbocycles. The second-order valence-corrected chi connectivity index (χ2v) is 4.78. The first kappa shape index (κ1) is 12.6. The second kappa shape index (κ2) is 5.67. The summed E-state index contributed by atoms with van der Waals surface area (Å²) in [6, 6.07) is 3.74. The predicted molar refractivity (Wildman–Crippen MR) is 71.5 cm³/mol. The van der Waals surface area contributed by atoms with Crippen molar-refractivity contribution in [2.24, 2.45) is 5.92 Å². The van der Waals surface area contributed by atoms with E-state index < -0.39 is 5.97 Å². The van der Waals surface area contributed by atoms with Crippen LogP contribution in [0.3, 0.4) is 0 Å². The van der Waals surface area contributed by atoms with Crippen molar-refractivity contribution >= 4 is 17.9 Å². The summed E-state index contributed by atoms with van der Waals surface area (Å²) in [5, 5.41) is 8.70. The van der Waals surface area contributed by atoms with Crippen molar-refractivity contribution in [2.45, 2.75) is 19.8 Å². The number of anilines is 1. The molecular formula is C14H18N2O2. The normalized spacial score (nSPS) is 20.3. The predicted octanol–water partition coefficient (Wildman–Crippen LogP) is 2.42. The van der Waals surface area contributed by atoms with Gasteiger partial charge in [-0.3, -0.25) is 0 Å². The second-order valence-electron chi connectivity index (χ2n) is 4.78. The van der Waals surface area contributed by atoms with Gasteiger partial charge in [-0.05, 0) is 37.0 Å². The van der Waals surface area contributed by atoms with Crippen molar-refractivity contribution in [2.75, 3.05) is 18.0 Å². The molecule has 0 spiro atoms. The van der Waals surface area contributed by atoms with E-state index in [4.69, 9.17) is 5.11 Å². The van der Waals surface area contributed by atoms with Crippen LogP contribution in [0.4, 0.5) is 5.82 Å². The Morgan fingerprint density at radius 3 is 3.17 bits per heavy atom. The highest BCUT2D eigenvalue weighted by atomic mass is 16.4. The molecule has 0 amide bonds. The zero-order chi connectivity index (χ0) is 13.0. The molecule has 1 saturated heterocycles. The molecule has 1 unspecified atom stereocenters. The van der Waals surface area contributed by atoms with Crippen molar-refractivity contribution in [1.82, 2.24) is 4.98 Å². The van der Waals surface area contributed by atoms with Crippen LogP contribution in [0.1, 0.15) is 25.3 Å². The Labute approximate surface area is 107 Å². The van der Waals surface area contributed by atoms with Crippen molar-refractivity contribution in [3.8, 4) is 0 Å². The van der Waals surface area contributed by atoms with Crippen molar-refractivity contribution < 1.29 is 9.90 Å². The van der Waals surface area contributed by atoms with Gasteiger partial charge in [0.1, 0.15) is 5.82 Å². The summed E-state index contributed by atoms with van der Waals surface area (Å²) >= 11 is 0. The maximum Gasteiger partial charge on any atom is 0.328 e. The number of carboxylic acids is 1. The van der Waals surface area contributed by atoms with Gasteiger partial charge >= 0.3 is 5.97 Å². The first-order valence-corrected chi connectivity index (χ1v) is 6.28. The molecule has 1 aliphatic rings. The highest BCUT2D eigenvalue weighted by Crippen LogP contribution is 2.24. The molecule has 0 saturated carbocycles. The molecule has 1 aromatic rings. The van der Waals surface area contributed by atoms with E-state index in [0.717, 1.165) is 30.5 Å². The lowest BCUT2D eigenvalue weighted by Gasteiger charge is -2.32. The summed E-state index contributed by atoms with van der Waals surface area (Å²) in [5.41, 5.74) is 0.869. The van der Waals surface area contributed by atoms with Gasteiger partial charge in [0.05, 0.1) is 0 Å². The molecule has 18 heavy (non-hydrogen) atoms. The van der Waals surface area contributed by atoms with Crippen LogP contribution in [-0.2, 0) is 4.79 Å². The summed E-state index contributed by atoms with van der Waals surface area (Å²) in [4.78, 5) is 17.2. The van der Waals surface area contributed by atoms with E-state index in [2.05, 4.69) is 16.8 Å². The number of hydrogen-bond donors (Lipinski definition) is 1. The Hall–Kier alpha value is -1.84. The zero-order valence-electron chi connectivity index (χ0n) is 10.5. The number of pyridine rings is 1. The molecule has 1 atom stereocenters. The topological polar surface area (TPSA) is 53.4 Å². The van der Waals surface area contributed by atoms with Crippen LogP contribution < -0.4 is 4.90 Å². The van der Waals surface area contributed by atoms with Gasteiger partial charge in [0.2, 0.25) is 0 Å². The molecule has 1 N–H and O–H groups in total. The van der Waals surface area contributed by atoms with Crippen molar-refractivity contribution in [3.05, 3.63) is 30.0 Å². The Kier molecular flexibility index (Phi) is 3.97. The fraction of sp³-hybridized carbons (Fsp3) is 0.429. The van der Waals surface area contributed by atoms with E-state index in [0.29, 0.717) is 5.92 Å². The van der Waals surface area contributed by atoms with Crippen LogP contribution in [0, 0.1) is 5.92 Å². The van der Waals surface area contributed by atoms with Gasteiger partial charge in [0.25, 0.3) is 0 Å². The molecule has 2 rings (SSSR count). The standard InChI is InChI=1S/C14H18N2O2/c1-11-4-3-9-16(10-11)14-12(5-2-8-15-14)6-7-13(17)18/h2,5-8,11H,3-4,9-10H2,1H3,(H,17,18)/b7-6+. The van der Waals surface area contributed by atoms with Crippen molar-refractivity contribution in [1.29, 1.82) is 0 Å². The van der Waals surface area contributed by atoms with Gasteiger partial charge in [0, 0.05) is 30.9 Å². The van der Waals surface area contributed by atoms with Gasteiger partial charge in [0.15, 0.2) is 0 Å². The molecular weight excluding hydrogens is 228 g/mol. The van der Waals surface area contributed by atoms with Crippen LogP contribution in [-0.4, -0.2) is 29.1 Å². The Bertz CT molecular complexity index is 457. The van der Waals surface area contributed by atoms with E-state index in [-0.39, 0.29) is 0 Å². The molecule has 2 heterocycles. The third kappa shape index (κ3) is 3.09. The minimum atomic E-state index is -0.934. The van der Waals surface area contributed by atoms with Crippen LogP contribution in [0.2, 0.25) is 0 Å². The number of hydrogen-bond acceptors (Lipinski definition) is 3. The SMILES string of the molecule is CC1CCCN(c2ncccc2/C=C/C(=O)O)C1. The largest absolute Gasteiger partial charge is 0.478 e. The van der Waals surface area contributed by atoms with Crippen molar-refractivity contribution in [3.63, 3.8) is 0 Å². The van der Waals surface area contributed by atoms with Crippen LogP contribution in [0.25, 0.3) is 6.08 Å². The minimum Gasteiger partial charge on any atom is -0.478 e. The molecule has 1 fully saturated rings. The number of aromatic nitrogens is 1. The molecule has 4 nitrogen and oxygen atoms in total. The van der Waals surface area contributed by atoms with Gasteiger partial charge in [-0.2, -0.15) is 0 Å². The summed E-state index contributed by atoms with van der Waals surface area (Å²) in [7, 11) is 0. The van der Waals surface area contributed by atoms with Gasteiger partial charge < -0.3 is 10.0 Å². The first-order chi connectivity index (χ1) is 8.66. The smallest absolute Gasteiger partial charge is 0.328 e. The molecule has 0 bridgehead atoms. The number of carboxylic acid groups (broad SMARTS) is 1. The third-order valence-electron chi connectivity index (χ3n) is 3.18. The molecule has 0 aliphatic carbocycles. The molecule has 1 aromatic heterocycles. The third-order valence-corrected chi connectivity index (χ3v) is 3.18. The maximum absolute atomic E-state index is 10.6. The van der Waals surface area contributed by atoms with Crippen LogP contribution >= 0.6 is 0 Å². The average Bonchev–Trinajstić information content (AvgIpc) is 2.36. The number of carbonyl (C=O) groups is 1. The molecule has 4 heteroatoms. The minimum absolute atomic E-state index is 0.664. The summed E-state index contributed by atoms with van der Waals surface area (Å²) < 4.78 is 0. The number of rotatable bonds is 3. The first-order valence-electron chi connectivity index (χ1n) is 6.28. The Balaban J connectivity index is 2.23. The Morgan fingerprint density at radius 1 is 1.61 bits per heavy atom. The highest BCUT2D eigenvalue weighted by molar-refractivity contribution is 5.86. The van der Waals surface area contributed by atoms with Gasteiger partial charge in [-0.1, -0.05) is 6.92 Å². The fourth-order valence-electron chi connectivity index (χ4n) is 2.35. The lowest BCUT2D eigenvalue weighted by molar-refractivity contribution is -0.131. The molecule has 0 radical (unpaired) electrons. The quantitative estimate of drug-likeness (QED) is 0.832. The van der Waals surface area contributed by atoms with E-state index in [1.54, 1.807) is 12.3 Å². The average molecular weight is 246 g/mol. The van der Waals surface area contributed by atoms with Gasteiger partial charge in [-0.15, -0.1) is 0 Å². The van der Waals surface area contributed by atoms with Crippen LogP contribution in [0.5, 0.6) is 0 Å². The van der Waals surface area contributed by atoms with Gasteiger partial charge in [-0.25, -0.2) is 9.78 Å². The molecule has 96 valence electrons. The van der Waals surface area contributed by atoms with E-state index in [9.17, 15) is 4.79 Å². The monoisotopic (exact) mass is 246 g/mol. The summed E-state index contributed by atoms with van der Waals surface area (Å²) in [6.07, 6.45) is 6.95. The van der Waals surface area contributed by atoms with E-state index in [1.807, 2.05) is 12.1 Å². The fourth-order valence-corrected chi connectivity index (χ4v) is 2.35. The van der Waals surface area contributed by atoms with E-state index >= 15 is 0 Å². The van der Waals surface area contributed by atoms with E-state index in [1.165, 1.54) is 12.8 Å². The highest BCUT2D eigenvalue weighted by Gasteiger charge is 2.18. The number of aliphatic carboxylic acids is 1. The maximum atomic E-state index is 10.6.